The van der Waals surface area contributed by atoms with Crippen LogP contribution in [0.4, 0.5) is 0 Å². The first-order valence-electron chi connectivity index (χ1n) is 6.49. The predicted octanol–water partition coefficient (Wildman–Crippen LogP) is 6.37. The third kappa shape index (κ3) is 3.49. The second kappa shape index (κ2) is 6.23. The smallest absolute Gasteiger partial charge is 0.0645 e. The molecule has 0 spiro atoms. The van der Waals surface area contributed by atoms with Crippen molar-refractivity contribution in [3.05, 3.63) is 69.2 Å². The average Bonchev–Trinajstić information content (AvgIpc) is 2.41. The Labute approximate surface area is 132 Å². The highest BCUT2D eigenvalue weighted by Crippen LogP contribution is 2.33. The van der Waals surface area contributed by atoms with Crippen LogP contribution in [0.3, 0.4) is 0 Å². The minimum atomic E-state index is 0.241. The SMILES string of the molecule is Cc1ccc(C(Br)c2ccc(C(C)C)cc2)cc1Br. The van der Waals surface area contributed by atoms with Gasteiger partial charge in [-0.2, -0.15) is 0 Å². The largest absolute Gasteiger partial charge is 0.0786 e. The molecule has 0 saturated heterocycles. The molecule has 0 aliphatic carbocycles. The normalized spacial score (nSPS) is 12.7. The van der Waals surface area contributed by atoms with E-state index in [1.807, 2.05) is 0 Å². The van der Waals surface area contributed by atoms with Crippen LogP contribution in [-0.4, -0.2) is 0 Å². The molecule has 0 aliphatic heterocycles. The van der Waals surface area contributed by atoms with Crippen LogP contribution in [0.5, 0.6) is 0 Å². The summed E-state index contributed by atoms with van der Waals surface area (Å²) in [5.41, 5.74) is 5.21. The Morgan fingerprint density at radius 2 is 1.37 bits per heavy atom. The van der Waals surface area contributed by atoms with Crippen LogP contribution in [0.15, 0.2) is 46.9 Å². The minimum absolute atomic E-state index is 0.241. The fourth-order valence-corrected chi connectivity index (χ4v) is 3.00. The zero-order valence-electron chi connectivity index (χ0n) is 11.5. The van der Waals surface area contributed by atoms with E-state index >= 15 is 0 Å². The van der Waals surface area contributed by atoms with E-state index < -0.39 is 0 Å². The Morgan fingerprint density at radius 3 is 1.89 bits per heavy atom. The molecule has 0 bridgehead atoms. The van der Waals surface area contributed by atoms with E-state index in [4.69, 9.17) is 0 Å². The molecular weight excluding hydrogens is 364 g/mol. The summed E-state index contributed by atoms with van der Waals surface area (Å²) >= 11 is 7.39. The maximum atomic E-state index is 3.79. The Balaban J connectivity index is 2.27. The average molecular weight is 382 g/mol. The number of alkyl halides is 1. The van der Waals surface area contributed by atoms with E-state index in [9.17, 15) is 0 Å². The third-order valence-electron chi connectivity index (χ3n) is 3.38. The van der Waals surface area contributed by atoms with Crippen LogP contribution >= 0.6 is 31.9 Å². The van der Waals surface area contributed by atoms with E-state index in [-0.39, 0.29) is 4.83 Å². The highest BCUT2D eigenvalue weighted by Gasteiger charge is 2.11. The molecule has 0 fully saturated rings. The summed E-state index contributed by atoms with van der Waals surface area (Å²) in [4.78, 5) is 0.241. The molecule has 2 aromatic carbocycles. The lowest BCUT2D eigenvalue weighted by Gasteiger charge is -2.13. The molecule has 100 valence electrons. The van der Waals surface area contributed by atoms with Gasteiger partial charge in [-0.05, 0) is 41.2 Å². The van der Waals surface area contributed by atoms with Gasteiger partial charge < -0.3 is 0 Å². The highest BCUT2D eigenvalue weighted by atomic mass is 79.9. The minimum Gasteiger partial charge on any atom is -0.0786 e. The fourth-order valence-electron chi connectivity index (χ4n) is 2.01. The van der Waals surface area contributed by atoms with Crippen LogP contribution in [0.25, 0.3) is 0 Å². The van der Waals surface area contributed by atoms with E-state index in [1.54, 1.807) is 0 Å². The van der Waals surface area contributed by atoms with Gasteiger partial charge >= 0.3 is 0 Å². The van der Waals surface area contributed by atoms with Crippen molar-refractivity contribution in [2.45, 2.75) is 31.5 Å². The second-order valence-corrected chi connectivity index (χ2v) is 6.96. The maximum absolute atomic E-state index is 3.79. The molecule has 0 N–H and O–H groups in total. The first-order chi connectivity index (χ1) is 8.99. The monoisotopic (exact) mass is 380 g/mol. The van der Waals surface area contributed by atoms with Crippen molar-refractivity contribution in [2.75, 3.05) is 0 Å². The van der Waals surface area contributed by atoms with Gasteiger partial charge in [0.2, 0.25) is 0 Å². The van der Waals surface area contributed by atoms with Crippen LogP contribution in [0.2, 0.25) is 0 Å². The van der Waals surface area contributed by atoms with E-state index in [2.05, 4.69) is 95.1 Å². The van der Waals surface area contributed by atoms with Crippen molar-refractivity contribution in [3.63, 3.8) is 0 Å². The molecule has 0 radical (unpaired) electrons. The molecule has 2 rings (SSSR count). The van der Waals surface area contributed by atoms with Gasteiger partial charge in [-0.3, -0.25) is 0 Å². The van der Waals surface area contributed by atoms with Crippen molar-refractivity contribution in [3.8, 4) is 0 Å². The molecule has 0 amide bonds. The van der Waals surface area contributed by atoms with Gasteiger partial charge in [0.25, 0.3) is 0 Å². The van der Waals surface area contributed by atoms with Crippen LogP contribution in [0, 0.1) is 6.92 Å². The summed E-state index contributed by atoms with van der Waals surface area (Å²) in [6.07, 6.45) is 0. The molecule has 0 heterocycles. The molecule has 2 aromatic rings. The Morgan fingerprint density at radius 1 is 0.842 bits per heavy atom. The zero-order valence-corrected chi connectivity index (χ0v) is 14.6. The fraction of sp³-hybridized carbons (Fsp3) is 0.294. The van der Waals surface area contributed by atoms with Gasteiger partial charge in [0, 0.05) is 4.47 Å². The van der Waals surface area contributed by atoms with Crippen molar-refractivity contribution in [1.82, 2.24) is 0 Å². The first-order valence-corrected chi connectivity index (χ1v) is 8.20. The number of rotatable bonds is 3. The lowest BCUT2D eigenvalue weighted by molar-refractivity contribution is 0.865. The Kier molecular flexibility index (Phi) is 4.86. The quantitative estimate of drug-likeness (QED) is 0.542. The molecule has 19 heavy (non-hydrogen) atoms. The van der Waals surface area contributed by atoms with E-state index in [1.165, 1.54) is 22.3 Å². The zero-order chi connectivity index (χ0) is 14.0. The summed E-state index contributed by atoms with van der Waals surface area (Å²) in [5.74, 6) is 0.580. The Hall–Kier alpha value is -0.600. The summed E-state index contributed by atoms with van der Waals surface area (Å²) < 4.78 is 1.16. The molecule has 0 nitrogen and oxygen atoms in total. The molecule has 0 aromatic heterocycles. The van der Waals surface area contributed by atoms with Crippen LogP contribution < -0.4 is 0 Å². The van der Waals surface area contributed by atoms with Crippen molar-refractivity contribution in [1.29, 1.82) is 0 Å². The van der Waals surface area contributed by atoms with Gasteiger partial charge in [0.05, 0.1) is 4.83 Å². The number of halogens is 2. The van der Waals surface area contributed by atoms with E-state index in [0.29, 0.717) is 5.92 Å². The lowest BCUT2D eigenvalue weighted by Crippen LogP contribution is -1.95. The summed E-state index contributed by atoms with van der Waals surface area (Å²) in [7, 11) is 0. The number of hydrogen-bond donors (Lipinski definition) is 0. The number of benzene rings is 2. The van der Waals surface area contributed by atoms with E-state index in [0.717, 1.165) is 4.47 Å². The van der Waals surface area contributed by atoms with Crippen molar-refractivity contribution >= 4 is 31.9 Å². The standard InChI is InChI=1S/C17H18Br2/c1-11(2)13-6-8-14(9-7-13)17(19)15-5-4-12(3)16(18)10-15/h4-11,17H,1-3H3. The molecule has 2 heteroatoms. The summed E-state index contributed by atoms with van der Waals surface area (Å²) in [5, 5.41) is 0. The summed E-state index contributed by atoms with van der Waals surface area (Å²) in [6.45, 7) is 6.55. The number of hydrogen-bond acceptors (Lipinski definition) is 0. The summed E-state index contributed by atoms with van der Waals surface area (Å²) in [6, 6.07) is 15.4. The van der Waals surface area contributed by atoms with Gasteiger partial charge in [-0.25, -0.2) is 0 Å². The van der Waals surface area contributed by atoms with Gasteiger partial charge in [0.1, 0.15) is 0 Å². The molecule has 1 atom stereocenters. The maximum Gasteiger partial charge on any atom is 0.0645 e. The topological polar surface area (TPSA) is 0 Å². The number of aryl methyl sites for hydroxylation is 1. The molecule has 0 aliphatic rings. The van der Waals surface area contributed by atoms with Crippen molar-refractivity contribution in [2.24, 2.45) is 0 Å². The van der Waals surface area contributed by atoms with Gasteiger partial charge in [0.15, 0.2) is 0 Å². The van der Waals surface area contributed by atoms with Gasteiger partial charge in [-0.1, -0.05) is 82.1 Å². The lowest BCUT2D eigenvalue weighted by atomic mass is 9.98. The second-order valence-electron chi connectivity index (χ2n) is 5.19. The van der Waals surface area contributed by atoms with Crippen molar-refractivity contribution < 1.29 is 0 Å². The van der Waals surface area contributed by atoms with Crippen LogP contribution in [0.1, 0.15) is 46.8 Å². The predicted molar refractivity (Wildman–Crippen MR) is 90.2 cm³/mol. The third-order valence-corrected chi connectivity index (χ3v) is 5.30. The van der Waals surface area contributed by atoms with Gasteiger partial charge in [-0.15, -0.1) is 0 Å². The highest BCUT2D eigenvalue weighted by molar-refractivity contribution is 9.10. The molecular formula is C17H18Br2. The Bertz CT molecular complexity index is 556. The first kappa shape index (κ1) is 14.8. The molecule has 1 unspecified atom stereocenters. The molecule has 0 saturated carbocycles. The van der Waals surface area contributed by atoms with Crippen LogP contribution in [-0.2, 0) is 0 Å².